The van der Waals surface area contributed by atoms with Crippen LogP contribution in [0.15, 0.2) is 21.2 Å². The molecular formula is C15H21BrN2O2. The first-order valence-corrected chi connectivity index (χ1v) is 8.29. The van der Waals surface area contributed by atoms with E-state index >= 15 is 0 Å². The number of nitrogens with zero attached hydrogens (tertiary/aromatic N) is 1. The van der Waals surface area contributed by atoms with E-state index in [1.807, 2.05) is 4.90 Å². The molecule has 1 aromatic rings. The topological polar surface area (TPSA) is 45.5 Å². The molecule has 2 aliphatic rings. The summed E-state index contributed by atoms with van der Waals surface area (Å²) in [5.41, 5.74) is 0. The Kier molecular flexibility index (Phi) is 4.17. The first kappa shape index (κ1) is 14.1. The maximum atomic E-state index is 12.7. The Hall–Kier alpha value is -0.810. The smallest absolute Gasteiger partial charge is 0.289 e. The number of hydrogen-bond acceptors (Lipinski definition) is 3. The predicted molar refractivity (Wildman–Crippen MR) is 80.7 cm³/mol. The average molecular weight is 341 g/mol. The van der Waals surface area contributed by atoms with Crippen LogP contribution in [0.25, 0.3) is 0 Å². The summed E-state index contributed by atoms with van der Waals surface area (Å²) in [4.78, 5) is 14.7. The fraction of sp³-hybridized carbons (Fsp3) is 0.667. The molecule has 0 aliphatic carbocycles. The number of nitrogens with one attached hydrogen (secondary N) is 1. The zero-order chi connectivity index (χ0) is 14.1. The molecule has 5 heteroatoms. The van der Waals surface area contributed by atoms with Crippen molar-refractivity contribution in [2.75, 3.05) is 6.54 Å². The van der Waals surface area contributed by atoms with Crippen LogP contribution in [0.5, 0.6) is 0 Å². The van der Waals surface area contributed by atoms with Gasteiger partial charge in [-0.1, -0.05) is 6.92 Å². The molecule has 2 fully saturated rings. The van der Waals surface area contributed by atoms with Gasteiger partial charge in [0.05, 0.1) is 0 Å². The number of carbonyl (C=O) groups is 1. The molecule has 110 valence electrons. The predicted octanol–water partition coefficient (Wildman–Crippen LogP) is 3.18. The number of rotatable bonds is 4. The van der Waals surface area contributed by atoms with Gasteiger partial charge in [-0.2, -0.15) is 0 Å². The molecule has 0 aromatic carbocycles. The van der Waals surface area contributed by atoms with Crippen molar-refractivity contribution in [3.8, 4) is 0 Å². The van der Waals surface area contributed by atoms with E-state index in [0.717, 1.165) is 25.8 Å². The normalized spacial score (nSPS) is 28.6. The van der Waals surface area contributed by atoms with Crippen LogP contribution in [-0.4, -0.2) is 35.5 Å². The maximum Gasteiger partial charge on any atom is 0.289 e. The Morgan fingerprint density at radius 1 is 1.40 bits per heavy atom. The molecule has 4 nitrogen and oxygen atoms in total. The average Bonchev–Trinajstić information content (AvgIpc) is 3.01. The van der Waals surface area contributed by atoms with Crippen LogP contribution in [0.1, 0.15) is 49.6 Å². The SMILES string of the molecule is CCCN(C(=O)c1ccc(Br)o1)C1CC2CCC(C1)N2. The van der Waals surface area contributed by atoms with E-state index in [-0.39, 0.29) is 5.91 Å². The van der Waals surface area contributed by atoms with Gasteiger partial charge in [0.15, 0.2) is 10.4 Å². The van der Waals surface area contributed by atoms with Gasteiger partial charge < -0.3 is 14.6 Å². The Balaban J connectivity index is 1.76. The molecule has 1 aromatic heterocycles. The van der Waals surface area contributed by atoms with Gasteiger partial charge in [0.1, 0.15) is 0 Å². The van der Waals surface area contributed by atoms with Gasteiger partial charge in [-0.05, 0) is 60.2 Å². The van der Waals surface area contributed by atoms with Gasteiger partial charge in [0.25, 0.3) is 5.91 Å². The van der Waals surface area contributed by atoms with E-state index in [1.165, 1.54) is 12.8 Å². The molecule has 2 bridgehead atoms. The first-order valence-electron chi connectivity index (χ1n) is 7.49. The van der Waals surface area contributed by atoms with Crippen molar-refractivity contribution in [3.05, 3.63) is 22.6 Å². The Labute approximate surface area is 128 Å². The Morgan fingerprint density at radius 2 is 2.10 bits per heavy atom. The number of piperidine rings is 1. The number of carbonyl (C=O) groups excluding carboxylic acids is 1. The monoisotopic (exact) mass is 340 g/mol. The van der Waals surface area contributed by atoms with Crippen molar-refractivity contribution >= 4 is 21.8 Å². The maximum absolute atomic E-state index is 12.7. The van der Waals surface area contributed by atoms with Gasteiger partial charge >= 0.3 is 0 Å². The van der Waals surface area contributed by atoms with Crippen molar-refractivity contribution < 1.29 is 9.21 Å². The second-order valence-corrected chi connectivity index (χ2v) is 6.65. The lowest BCUT2D eigenvalue weighted by molar-refractivity contribution is 0.0583. The number of amides is 1. The minimum atomic E-state index is 0.0313. The van der Waals surface area contributed by atoms with Crippen LogP contribution in [0.4, 0.5) is 0 Å². The largest absolute Gasteiger partial charge is 0.444 e. The third-order valence-corrected chi connectivity index (χ3v) is 4.82. The molecule has 0 saturated carbocycles. The van der Waals surface area contributed by atoms with Crippen LogP contribution in [0.3, 0.4) is 0 Å². The molecule has 3 heterocycles. The van der Waals surface area contributed by atoms with Gasteiger partial charge in [0.2, 0.25) is 0 Å². The fourth-order valence-electron chi connectivity index (χ4n) is 3.54. The first-order chi connectivity index (χ1) is 9.67. The van der Waals surface area contributed by atoms with E-state index in [0.29, 0.717) is 28.6 Å². The van der Waals surface area contributed by atoms with Crippen molar-refractivity contribution in [1.82, 2.24) is 10.2 Å². The van der Waals surface area contributed by atoms with E-state index < -0.39 is 0 Å². The zero-order valence-corrected chi connectivity index (χ0v) is 13.4. The van der Waals surface area contributed by atoms with Crippen molar-refractivity contribution in [2.24, 2.45) is 0 Å². The van der Waals surface area contributed by atoms with Gasteiger partial charge in [-0.15, -0.1) is 0 Å². The van der Waals surface area contributed by atoms with E-state index in [9.17, 15) is 4.79 Å². The molecule has 3 rings (SSSR count). The summed E-state index contributed by atoms with van der Waals surface area (Å²) in [7, 11) is 0. The standard InChI is InChI=1S/C15H21BrN2O2/c1-2-7-18(15(19)13-5-6-14(16)20-13)12-8-10-3-4-11(9-12)17-10/h5-6,10-12,17H,2-4,7-9H2,1H3. The third-order valence-electron chi connectivity index (χ3n) is 4.40. The zero-order valence-electron chi connectivity index (χ0n) is 11.8. The number of furan rings is 1. The molecule has 0 radical (unpaired) electrons. The molecule has 1 N–H and O–H groups in total. The van der Waals surface area contributed by atoms with E-state index in [1.54, 1.807) is 12.1 Å². The number of fused-ring (bicyclic) bond motifs is 2. The van der Waals surface area contributed by atoms with Gasteiger partial charge in [-0.25, -0.2) is 0 Å². The molecule has 2 unspecified atom stereocenters. The van der Waals surface area contributed by atoms with Crippen LogP contribution in [0, 0.1) is 0 Å². The Morgan fingerprint density at radius 3 is 2.65 bits per heavy atom. The molecule has 2 atom stereocenters. The minimum Gasteiger partial charge on any atom is -0.444 e. The second kappa shape index (κ2) is 5.90. The summed E-state index contributed by atoms with van der Waals surface area (Å²) in [5.74, 6) is 0.472. The van der Waals surface area contributed by atoms with Crippen LogP contribution in [0.2, 0.25) is 0 Å². The van der Waals surface area contributed by atoms with Crippen LogP contribution in [-0.2, 0) is 0 Å². The molecular weight excluding hydrogens is 320 g/mol. The lowest BCUT2D eigenvalue weighted by Crippen LogP contribution is -2.50. The lowest BCUT2D eigenvalue weighted by Gasteiger charge is -2.37. The molecule has 0 spiro atoms. The van der Waals surface area contributed by atoms with Crippen LogP contribution < -0.4 is 5.32 Å². The minimum absolute atomic E-state index is 0.0313. The molecule has 2 aliphatic heterocycles. The summed E-state index contributed by atoms with van der Waals surface area (Å²) in [6, 6.07) is 5.07. The molecule has 20 heavy (non-hydrogen) atoms. The second-order valence-electron chi connectivity index (χ2n) is 5.87. The highest BCUT2D eigenvalue weighted by Gasteiger charge is 2.38. The van der Waals surface area contributed by atoms with E-state index in [2.05, 4.69) is 28.2 Å². The van der Waals surface area contributed by atoms with Crippen molar-refractivity contribution in [3.63, 3.8) is 0 Å². The summed E-state index contributed by atoms with van der Waals surface area (Å²) in [5, 5.41) is 3.63. The number of halogens is 1. The highest BCUT2D eigenvalue weighted by atomic mass is 79.9. The quantitative estimate of drug-likeness (QED) is 0.915. The van der Waals surface area contributed by atoms with Gasteiger partial charge in [0, 0.05) is 24.7 Å². The highest BCUT2D eigenvalue weighted by molar-refractivity contribution is 9.10. The fourth-order valence-corrected chi connectivity index (χ4v) is 3.85. The molecule has 1 amide bonds. The third kappa shape index (κ3) is 2.79. The summed E-state index contributed by atoms with van der Waals surface area (Å²) in [6.07, 6.45) is 5.63. The highest BCUT2D eigenvalue weighted by Crippen LogP contribution is 2.31. The van der Waals surface area contributed by atoms with Gasteiger partial charge in [-0.3, -0.25) is 4.79 Å². The summed E-state index contributed by atoms with van der Waals surface area (Å²) in [6.45, 7) is 2.93. The lowest BCUT2D eigenvalue weighted by atomic mass is 9.97. The Bertz CT molecular complexity index is 476. The van der Waals surface area contributed by atoms with E-state index in [4.69, 9.17) is 4.42 Å². The van der Waals surface area contributed by atoms with Crippen molar-refractivity contribution in [2.45, 2.75) is 57.2 Å². The van der Waals surface area contributed by atoms with Crippen molar-refractivity contribution in [1.29, 1.82) is 0 Å². The molecule has 2 saturated heterocycles. The summed E-state index contributed by atoms with van der Waals surface area (Å²) < 4.78 is 6.06. The number of hydrogen-bond donors (Lipinski definition) is 1. The summed E-state index contributed by atoms with van der Waals surface area (Å²) >= 11 is 3.27. The van der Waals surface area contributed by atoms with Crippen LogP contribution >= 0.6 is 15.9 Å².